The summed E-state index contributed by atoms with van der Waals surface area (Å²) < 4.78 is 0. The number of guanidine groups is 1. The molecule has 1 amide bonds. The van der Waals surface area contributed by atoms with Crippen molar-refractivity contribution in [2.24, 2.45) is 10.4 Å². The Morgan fingerprint density at radius 1 is 1.31 bits per heavy atom. The normalized spacial score (nSPS) is 22.6. The molecule has 7 heteroatoms. The van der Waals surface area contributed by atoms with Gasteiger partial charge in [0, 0.05) is 32.8 Å². The smallest absolute Gasteiger partial charge is 0.242 e. The second-order valence-corrected chi connectivity index (χ2v) is 8.61. The number of rotatable bonds is 5. The number of nitrogens with zero attached hydrogens (tertiary/aromatic N) is 3. The summed E-state index contributed by atoms with van der Waals surface area (Å²) in [5.74, 6) is 0.953. The van der Waals surface area contributed by atoms with Gasteiger partial charge in [-0.05, 0) is 52.4 Å². The molecule has 0 atom stereocenters. The van der Waals surface area contributed by atoms with Gasteiger partial charge < -0.3 is 20.2 Å². The van der Waals surface area contributed by atoms with E-state index in [0.717, 1.165) is 38.3 Å². The Bertz CT molecular complexity index is 502. The first-order chi connectivity index (χ1) is 11.7. The average molecular weight is 480 g/mol. The Kier molecular flexibility index (Phi) is 8.64. The van der Waals surface area contributed by atoms with Crippen LogP contribution in [0, 0.1) is 5.41 Å². The first-order valence-corrected chi connectivity index (χ1v) is 9.63. The van der Waals surface area contributed by atoms with Gasteiger partial charge in [0.15, 0.2) is 5.96 Å². The molecule has 152 valence electrons. The van der Waals surface area contributed by atoms with Gasteiger partial charge in [-0.1, -0.05) is 12.8 Å². The van der Waals surface area contributed by atoms with Gasteiger partial charge in [-0.3, -0.25) is 9.79 Å². The summed E-state index contributed by atoms with van der Waals surface area (Å²) in [6, 6.07) is 0.200. The van der Waals surface area contributed by atoms with Crippen LogP contribution in [0.2, 0.25) is 0 Å². The number of carbonyl (C=O) groups excluding carboxylic acids is 1. The molecule has 2 fully saturated rings. The summed E-state index contributed by atoms with van der Waals surface area (Å²) in [7, 11) is 1.78. The molecule has 0 bridgehead atoms. The maximum Gasteiger partial charge on any atom is 0.242 e. The van der Waals surface area contributed by atoms with Crippen molar-refractivity contribution in [2.45, 2.75) is 71.4 Å². The molecule has 0 radical (unpaired) electrons. The Labute approximate surface area is 175 Å². The fourth-order valence-electron chi connectivity index (χ4n) is 4.79. The van der Waals surface area contributed by atoms with Crippen LogP contribution in [0.1, 0.15) is 59.8 Å². The van der Waals surface area contributed by atoms with E-state index in [1.807, 2.05) is 4.90 Å². The Morgan fingerprint density at radius 3 is 2.38 bits per heavy atom. The molecule has 1 saturated heterocycles. The van der Waals surface area contributed by atoms with Gasteiger partial charge >= 0.3 is 0 Å². The molecule has 0 spiro atoms. The zero-order valence-electron chi connectivity index (χ0n) is 17.0. The number of aliphatic hydroxyl groups is 1. The van der Waals surface area contributed by atoms with Crippen LogP contribution in [-0.4, -0.2) is 71.6 Å². The minimum absolute atomic E-state index is 0. The van der Waals surface area contributed by atoms with E-state index in [0.29, 0.717) is 6.54 Å². The van der Waals surface area contributed by atoms with Crippen LogP contribution in [0.25, 0.3) is 0 Å². The molecule has 2 aliphatic rings. The number of amides is 1. The number of halogens is 1. The molecular weight excluding hydrogens is 443 g/mol. The lowest BCUT2D eigenvalue weighted by molar-refractivity contribution is -0.145. The van der Waals surface area contributed by atoms with Crippen LogP contribution < -0.4 is 5.32 Å². The highest BCUT2D eigenvalue weighted by Gasteiger charge is 2.41. The molecule has 1 saturated carbocycles. The van der Waals surface area contributed by atoms with Crippen LogP contribution in [0.4, 0.5) is 0 Å². The quantitative estimate of drug-likeness (QED) is 0.361. The van der Waals surface area contributed by atoms with Crippen LogP contribution in [0.15, 0.2) is 4.99 Å². The molecule has 26 heavy (non-hydrogen) atoms. The van der Waals surface area contributed by atoms with Gasteiger partial charge in [0.2, 0.25) is 5.91 Å². The number of carbonyl (C=O) groups is 1. The zero-order valence-corrected chi connectivity index (χ0v) is 19.4. The van der Waals surface area contributed by atoms with E-state index in [2.05, 4.69) is 42.9 Å². The summed E-state index contributed by atoms with van der Waals surface area (Å²) in [6.45, 7) is 10.6. The Hall–Kier alpha value is -0.570. The van der Waals surface area contributed by atoms with E-state index in [9.17, 15) is 9.90 Å². The van der Waals surface area contributed by atoms with Crippen molar-refractivity contribution in [1.29, 1.82) is 0 Å². The number of aliphatic hydroxyl groups excluding tert-OH is 1. The molecule has 6 nitrogen and oxygen atoms in total. The van der Waals surface area contributed by atoms with Crippen molar-refractivity contribution in [3.05, 3.63) is 0 Å². The fraction of sp³-hybridized carbons (Fsp3) is 0.895. The first kappa shape index (κ1) is 23.5. The van der Waals surface area contributed by atoms with Crippen molar-refractivity contribution >= 4 is 35.8 Å². The molecule has 0 aromatic rings. The van der Waals surface area contributed by atoms with E-state index in [1.165, 1.54) is 12.8 Å². The van der Waals surface area contributed by atoms with Gasteiger partial charge in [-0.15, -0.1) is 24.0 Å². The molecule has 0 aromatic heterocycles. The minimum Gasteiger partial charge on any atom is -0.396 e. The van der Waals surface area contributed by atoms with Crippen LogP contribution in [0.5, 0.6) is 0 Å². The largest absolute Gasteiger partial charge is 0.396 e. The lowest BCUT2D eigenvalue weighted by atomic mass is 9.83. The number of aliphatic imine (C=N–C) groups is 1. The van der Waals surface area contributed by atoms with E-state index in [1.54, 1.807) is 7.05 Å². The van der Waals surface area contributed by atoms with E-state index in [4.69, 9.17) is 0 Å². The van der Waals surface area contributed by atoms with Crippen molar-refractivity contribution < 1.29 is 9.90 Å². The van der Waals surface area contributed by atoms with Crippen LogP contribution in [0.3, 0.4) is 0 Å². The molecule has 2 rings (SSSR count). The van der Waals surface area contributed by atoms with E-state index >= 15 is 0 Å². The van der Waals surface area contributed by atoms with Crippen molar-refractivity contribution in [3.63, 3.8) is 0 Å². The first-order valence-electron chi connectivity index (χ1n) is 9.63. The third-order valence-electron chi connectivity index (χ3n) is 5.78. The summed E-state index contributed by atoms with van der Waals surface area (Å²) in [5, 5.41) is 12.9. The summed E-state index contributed by atoms with van der Waals surface area (Å²) >= 11 is 0. The SMILES string of the molecule is CN=C(NCC1(CCO)CCCC1)N1CC(=O)N(C(C)C)C(C)(C)C1.I. The highest BCUT2D eigenvalue weighted by atomic mass is 127. The Balaban J connectivity index is 0.00000338. The van der Waals surface area contributed by atoms with E-state index < -0.39 is 0 Å². The molecule has 2 N–H and O–H groups in total. The highest BCUT2D eigenvalue weighted by Crippen LogP contribution is 2.40. The number of hydrogen-bond donors (Lipinski definition) is 2. The van der Waals surface area contributed by atoms with Gasteiger partial charge in [0.1, 0.15) is 0 Å². The van der Waals surface area contributed by atoms with Crippen molar-refractivity contribution in [1.82, 2.24) is 15.1 Å². The molecule has 0 aromatic carbocycles. The minimum atomic E-state index is -0.225. The van der Waals surface area contributed by atoms with Crippen molar-refractivity contribution in [3.8, 4) is 0 Å². The third-order valence-corrected chi connectivity index (χ3v) is 5.78. The number of piperazine rings is 1. The predicted molar refractivity (Wildman–Crippen MR) is 117 cm³/mol. The maximum absolute atomic E-state index is 12.7. The maximum atomic E-state index is 12.7. The number of nitrogens with one attached hydrogen (secondary N) is 1. The summed E-state index contributed by atoms with van der Waals surface area (Å²) in [4.78, 5) is 21.2. The molecule has 0 unspecified atom stereocenters. The molecule has 1 heterocycles. The molecule has 1 aliphatic carbocycles. The third kappa shape index (κ3) is 5.24. The Morgan fingerprint density at radius 2 is 1.92 bits per heavy atom. The van der Waals surface area contributed by atoms with E-state index in [-0.39, 0.29) is 53.5 Å². The summed E-state index contributed by atoms with van der Waals surface area (Å²) in [5.41, 5.74) is -0.0543. The van der Waals surface area contributed by atoms with Crippen LogP contribution in [-0.2, 0) is 4.79 Å². The topological polar surface area (TPSA) is 68.2 Å². The van der Waals surface area contributed by atoms with Gasteiger partial charge in [0.25, 0.3) is 0 Å². The average Bonchev–Trinajstić information content (AvgIpc) is 2.95. The number of hydrogen-bond acceptors (Lipinski definition) is 3. The van der Waals surface area contributed by atoms with Crippen molar-refractivity contribution in [2.75, 3.05) is 33.3 Å². The predicted octanol–water partition coefficient (Wildman–Crippen LogP) is 2.45. The van der Waals surface area contributed by atoms with Gasteiger partial charge in [-0.2, -0.15) is 0 Å². The summed E-state index contributed by atoms with van der Waals surface area (Å²) in [6.07, 6.45) is 5.62. The lowest BCUT2D eigenvalue weighted by Crippen LogP contribution is -2.66. The second kappa shape index (κ2) is 9.57. The monoisotopic (exact) mass is 480 g/mol. The standard InChI is InChI=1S/C19H36N4O2.HI/c1-15(2)23-16(25)12-22(14-18(23,3)4)17(20-5)21-13-19(10-11-24)8-6-7-9-19;/h15,24H,6-14H2,1-5H3,(H,20,21);1H. The molecule has 1 aliphatic heterocycles. The highest BCUT2D eigenvalue weighted by molar-refractivity contribution is 14.0. The van der Waals surface area contributed by atoms with Gasteiger partial charge in [0.05, 0.1) is 12.1 Å². The second-order valence-electron chi connectivity index (χ2n) is 8.61. The molecular formula is C19H37IN4O2. The lowest BCUT2D eigenvalue weighted by Gasteiger charge is -2.49. The van der Waals surface area contributed by atoms with Gasteiger partial charge in [-0.25, -0.2) is 0 Å². The van der Waals surface area contributed by atoms with Crippen LogP contribution >= 0.6 is 24.0 Å². The fourth-order valence-corrected chi connectivity index (χ4v) is 4.79. The zero-order chi connectivity index (χ0) is 18.7.